The van der Waals surface area contributed by atoms with Crippen molar-refractivity contribution in [2.45, 2.75) is 173 Å². The van der Waals surface area contributed by atoms with Crippen LogP contribution in [0.5, 0.6) is 0 Å². The lowest BCUT2D eigenvalue weighted by Crippen LogP contribution is -2.00. The number of rotatable bonds is 0. The van der Waals surface area contributed by atoms with Crippen molar-refractivity contribution in [3.63, 3.8) is 0 Å². The molecule has 8 N–H and O–H groups in total. The third kappa shape index (κ3) is 58.5. The van der Waals surface area contributed by atoms with E-state index in [0.717, 1.165) is 0 Å². The Balaban J connectivity index is -0.000000397. The fourth-order valence-electron chi connectivity index (χ4n) is 8.42. The molecule has 0 heterocycles. The Kier molecular flexibility index (Phi) is 45.8. The quantitative estimate of drug-likeness (QED) is 0.0697. The molecule has 7 rings (SSSR count). The van der Waals surface area contributed by atoms with E-state index in [1.807, 2.05) is 0 Å². The summed E-state index contributed by atoms with van der Waals surface area (Å²) in [7, 11) is -4.67. The first-order chi connectivity index (χ1) is 36.2. The molecule has 0 fully saturated rings. The maximum absolute atomic E-state index is 7.61. The van der Waals surface area contributed by atoms with Gasteiger partial charge in [-0.3, -0.25) is 0 Å². The Bertz CT molecular complexity index is 1840. The average Bonchev–Trinajstić information content (AvgIpc) is 3.18. The van der Waals surface area contributed by atoms with Crippen LogP contribution < -0.4 is 0 Å². The molecule has 0 bridgehead atoms. The topological polar surface area (TPSA) is 162 Å². The predicted molar refractivity (Wildman–Crippen MR) is 349 cm³/mol. The number of hydrogen-bond acceptors (Lipinski definition) is 8. The Hall–Kier alpha value is -5.52. The van der Waals surface area contributed by atoms with Gasteiger partial charge in [-0.15, -0.1) is 0 Å². The molecule has 12 heteroatoms. The summed E-state index contributed by atoms with van der Waals surface area (Å²) >= 11 is 0. The average molecular weight is 1080 g/mol. The molecule has 8 nitrogen and oxygen atoms in total. The Morgan fingerprint density at radius 3 is 0.190 bits per heavy atom. The second-order valence-corrected chi connectivity index (χ2v) is 21.2. The van der Waals surface area contributed by atoms with Crippen LogP contribution in [0.2, 0.25) is 27.3 Å². The zero-order valence-electron chi connectivity index (χ0n) is 53.5. The summed E-state index contributed by atoms with van der Waals surface area (Å²) in [5.74, 6) is 0. The maximum atomic E-state index is 7.61. The fourth-order valence-corrected chi connectivity index (χ4v) is 8.42. The van der Waals surface area contributed by atoms with Gasteiger partial charge in [0.25, 0.3) is 0 Å². The minimum Gasteiger partial charge on any atom is -0.427 e. The highest BCUT2D eigenvalue weighted by Gasteiger charge is 1.93. The predicted octanol–water partition coefficient (Wildman–Crippen LogP) is 14.6. The lowest BCUT2D eigenvalue weighted by atomic mass is 9.99. The SMILES string of the molecule is CB(O)O.CB(O)O.CB(O)O.CB(O)O.Cc1cc(C)cc(C)c1.Cc1cc(C)cc(C)c1.Cc1cc(C)cc(C)c1.Cc1cc(C)cc(C)c1.Cc1cc(C)cc(C)c1.Cc1cc(C)cc(C)c1.Cc1cc(C)cc(C)c1. The van der Waals surface area contributed by atoms with E-state index < -0.39 is 28.5 Å². The largest absolute Gasteiger partial charge is 0.448 e. The van der Waals surface area contributed by atoms with Gasteiger partial charge in [0.15, 0.2) is 0 Å². The third-order valence-corrected chi connectivity index (χ3v) is 9.56. The molecule has 0 aromatic heterocycles. The van der Waals surface area contributed by atoms with E-state index in [2.05, 4.69) is 273 Å². The lowest BCUT2D eigenvalue weighted by molar-refractivity contribution is 0.415. The van der Waals surface area contributed by atoms with Crippen molar-refractivity contribution in [3.05, 3.63) is 244 Å². The van der Waals surface area contributed by atoms with Gasteiger partial charge in [-0.05, 0) is 173 Å². The molecule has 79 heavy (non-hydrogen) atoms. The highest BCUT2D eigenvalue weighted by Crippen LogP contribution is 2.11. The molecule has 7 aromatic carbocycles. The first-order valence-electron chi connectivity index (χ1n) is 27.0. The molecule has 0 amide bonds. The zero-order valence-corrected chi connectivity index (χ0v) is 53.5. The van der Waals surface area contributed by atoms with Crippen molar-refractivity contribution in [1.82, 2.24) is 0 Å². The van der Waals surface area contributed by atoms with Gasteiger partial charge in [0.1, 0.15) is 0 Å². The molecule has 0 aliphatic heterocycles. The van der Waals surface area contributed by atoms with E-state index in [9.17, 15) is 0 Å². The molecular formula is C67H104B4O8. The van der Waals surface area contributed by atoms with E-state index in [1.165, 1.54) is 144 Å². The first kappa shape index (κ1) is 80.0. The first-order valence-corrected chi connectivity index (χ1v) is 27.0. The van der Waals surface area contributed by atoms with Crippen LogP contribution >= 0.6 is 0 Å². The molecule has 0 saturated heterocycles. The van der Waals surface area contributed by atoms with Crippen LogP contribution in [-0.2, 0) is 0 Å². The number of hydrogen-bond donors (Lipinski definition) is 8. The normalized spacial score (nSPS) is 9.08. The zero-order chi connectivity index (χ0) is 62.3. The molecule has 0 aliphatic rings. The van der Waals surface area contributed by atoms with Gasteiger partial charge in [0, 0.05) is 0 Å². The van der Waals surface area contributed by atoms with Gasteiger partial charge in [-0.1, -0.05) is 244 Å². The van der Waals surface area contributed by atoms with E-state index in [-0.39, 0.29) is 0 Å². The van der Waals surface area contributed by atoms with Crippen molar-refractivity contribution in [2.24, 2.45) is 0 Å². The van der Waals surface area contributed by atoms with Crippen LogP contribution in [0.3, 0.4) is 0 Å². The van der Waals surface area contributed by atoms with Crippen molar-refractivity contribution in [3.8, 4) is 0 Å². The molecule has 0 radical (unpaired) electrons. The highest BCUT2D eigenvalue weighted by molar-refractivity contribution is 6.39. The van der Waals surface area contributed by atoms with Crippen LogP contribution in [0, 0.1) is 145 Å². The Labute approximate surface area is 483 Å². The van der Waals surface area contributed by atoms with Crippen LogP contribution in [-0.4, -0.2) is 68.7 Å². The molecule has 0 spiro atoms. The van der Waals surface area contributed by atoms with Gasteiger partial charge in [0.2, 0.25) is 0 Å². The van der Waals surface area contributed by atoms with Crippen LogP contribution in [0.15, 0.2) is 127 Å². The number of benzene rings is 7. The van der Waals surface area contributed by atoms with Crippen LogP contribution in [0.25, 0.3) is 0 Å². The standard InChI is InChI=1S/7C9H12.4CH5BO2/c7*1-7-4-8(2)6-9(3)5-7;4*1-2(3)4/h7*4-6H,1-3H3;4*3-4H,1H3. The fraction of sp³-hybridized carbons (Fsp3) is 0.373. The smallest absolute Gasteiger partial charge is 0.427 e. The molecule has 0 saturated carbocycles. The lowest BCUT2D eigenvalue weighted by Gasteiger charge is -1.96. The van der Waals surface area contributed by atoms with Crippen LogP contribution in [0.4, 0.5) is 0 Å². The Morgan fingerprint density at radius 1 is 0.139 bits per heavy atom. The summed E-state index contributed by atoms with van der Waals surface area (Å²) in [6.45, 7) is 49.7. The second-order valence-electron chi connectivity index (χ2n) is 21.2. The summed E-state index contributed by atoms with van der Waals surface area (Å²) in [4.78, 5) is 0. The maximum Gasteiger partial charge on any atom is 0.448 e. The van der Waals surface area contributed by atoms with Crippen molar-refractivity contribution in [2.75, 3.05) is 0 Å². The third-order valence-electron chi connectivity index (χ3n) is 9.56. The molecule has 0 aliphatic carbocycles. The van der Waals surface area contributed by atoms with Gasteiger partial charge in [0.05, 0.1) is 0 Å². The summed E-state index contributed by atoms with van der Waals surface area (Å²) in [5.41, 5.74) is 28.4. The van der Waals surface area contributed by atoms with Gasteiger partial charge in [-0.25, -0.2) is 0 Å². The molecule has 0 atom stereocenters. The van der Waals surface area contributed by atoms with Crippen molar-refractivity contribution >= 4 is 28.5 Å². The van der Waals surface area contributed by atoms with E-state index in [0.29, 0.717) is 0 Å². The summed E-state index contributed by atoms with van der Waals surface area (Å²) in [6, 6.07) is 45.9. The van der Waals surface area contributed by atoms with E-state index >= 15 is 0 Å². The minimum atomic E-state index is -1.17. The van der Waals surface area contributed by atoms with E-state index in [4.69, 9.17) is 40.2 Å². The van der Waals surface area contributed by atoms with Gasteiger partial charge in [-0.2, -0.15) is 0 Å². The highest BCUT2D eigenvalue weighted by atomic mass is 16.4. The van der Waals surface area contributed by atoms with E-state index in [1.54, 1.807) is 0 Å². The Morgan fingerprint density at radius 2 is 0.165 bits per heavy atom. The van der Waals surface area contributed by atoms with Gasteiger partial charge >= 0.3 is 28.5 Å². The molecular weight excluding hydrogens is 976 g/mol. The van der Waals surface area contributed by atoms with Crippen LogP contribution in [0.1, 0.15) is 117 Å². The van der Waals surface area contributed by atoms with Crippen molar-refractivity contribution < 1.29 is 40.2 Å². The van der Waals surface area contributed by atoms with Crippen molar-refractivity contribution in [1.29, 1.82) is 0 Å². The summed E-state index contributed by atoms with van der Waals surface area (Å²) in [5, 5.41) is 60.9. The molecule has 0 unspecified atom stereocenters. The minimum absolute atomic E-state index is 1.17. The molecule has 7 aromatic rings. The molecule has 432 valence electrons. The monoisotopic (exact) mass is 1080 g/mol. The summed E-state index contributed by atoms with van der Waals surface area (Å²) in [6.07, 6.45) is 0. The second kappa shape index (κ2) is 45.2. The number of aryl methyl sites for hydroxylation is 21. The summed E-state index contributed by atoms with van der Waals surface area (Å²) < 4.78 is 0. The van der Waals surface area contributed by atoms with Gasteiger partial charge < -0.3 is 40.2 Å².